The minimum absolute atomic E-state index is 0.0171. The molecule has 3 aromatic rings. The maximum Gasteiger partial charge on any atom is 0.253 e. The number of amides is 2. The number of aryl methyl sites for hydroxylation is 2. The summed E-state index contributed by atoms with van der Waals surface area (Å²) in [7, 11) is 0. The fraction of sp³-hybridized carbons (Fsp3) is 0.259. The van der Waals surface area contributed by atoms with Gasteiger partial charge in [-0.15, -0.1) is 0 Å². The maximum atomic E-state index is 13.0. The van der Waals surface area contributed by atoms with Gasteiger partial charge in [0.05, 0.1) is 0 Å². The third-order valence-corrected chi connectivity index (χ3v) is 5.93. The predicted octanol–water partition coefficient (Wildman–Crippen LogP) is 4.51. The van der Waals surface area contributed by atoms with Gasteiger partial charge in [0.15, 0.2) is 0 Å². The van der Waals surface area contributed by atoms with Crippen molar-refractivity contribution in [2.45, 2.75) is 31.7 Å². The topological polar surface area (TPSA) is 49.4 Å². The van der Waals surface area contributed by atoms with Gasteiger partial charge in [-0.1, -0.05) is 66.7 Å². The third kappa shape index (κ3) is 5.40. The van der Waals surface area contributed by atoms with Crippen molar-refractivity contribution in [3.05, 3.63) is 107 Å². The molecule has 1 fully saturated rings. The number of nitrogens with zero attached hydrogens (tertiary/aromatic N) is 1. The van der Waals surface area contributed by atoms with Crippen molar-refractivity contribution in [3.8, 4) is 0 Å². The second kappa shape index (κ2) is 10.1. The smallest absolute Gasteiger partial charge is 0.253 e. The van der Waals surface area contributed by atoms with Crippen LogP contribution in [0, 0.1) is 0 Å². The molecule has 2 amide bonds. The normalized spacial score (nSPS) is 14.3. The molecule has 31 heavy (non-hydrogen) atoms. The van der Waals surface area contributed by atoms with Crippen molar-refractivity contribution in [1.82, 2.24) is 10.2 Å². The number of hydrogen-bond donors (Lipinski definition) is 1. The van der Waals surface area contributed by atoms with E-state index in [1.807, 2.05) is 77.7 Å². The van der Waals surface area contributed by atoms with Crippen molar-refractivity contribution in [2.75, 3.05) is 13.1 Å². The van der Waals surface area contributed by atoms with Crippen LogP contribution in [0.2, 0.25) is 0 Å². The van der Waals surface area contributed by atoms with Crippen LogP contribution in [0.25, 0.3) is 0 Å². The Kier molecular flexibility index (Phi) is 6.78. The fourth-order valence-electron chi connectivity index (χ4n) is 4.14. The van der Waals surface area contributed by atoms with Crippen LogP contribution in [0.15, 0.2) is 84.9 Å². The molecule has 3 aromatic carbocycles. The number of carbonyl (C=O) groups is 2. The van der Waals surface area contributed by atoms with Gasteiger partial charge in [-0.2, -0.15) is 0 Å². The first-order valence-electron chi connectivity index (χ1n) is 11.0. The zero-order valence-electron chi connectivity index (χ0n) is 17.7. The minimum Gasteiger partial charge on any atom is -0.349 e. The molecular formula is C27H28N2O2. The number of nitrogens with one attached hydrogen (secondary N) is 1. The molecule has 1 heterocycles. The minimum atomic E-state index is -0.0171. The van der Waals surface area contributed by atoms with Crippen molar-refractivity contribution >= 4 is 11.8 Å². The van der Waals surface area contributed by atoms with Crippen LogP contribution in [0.4, 0.5) is 0 Å². The Morgan fingerprint density at radius 2 is 1.39 bits per heavy atom. The SMILES string of the molecule is O=C(NC1CCN(C(=O)c2ccccc2)CC1)c1ccccc1CCc1ccccc1. The van der Waals surface area contributed by atoms with Gasteiger partial charge in [-0.3, -0.25) is 9.59 Å². The van der Waals surface area contributed by atoms with E-state index in [0.717, 1.165) is 42.4 Å². The van der Waals surface area contributed by atoms with Gasteiger partial charge in [0.25, 0.3) is 11.8 Å². The summed E-state index contributed by atoms with van der Waals surface area (Å²) in [5.74, 6) is 0.0492. The number of benzene rings is 3. The van der Waals surface area contributed by atoms with E-state index in [-0.39, 0.29) is 17.9 Å². The van der Waals surface area contributed by atoms with Gasteiger partial charge >= 0.3 is 0 Å². The van der Waals surface area contributed by atoms with E-state index in [1.54, 1.807) is 0 Å². The van der Waals surface area contributed by atoms with Gasteiger partial charge in [-0.25, -0.2) is 0 Å². The molecule has 0 atom stereocenters. The average Bonchev–Trinajstić information content (AvgIpc) is 2.84. The highest BCUT2D eigenvalue weighted by atomic mass is 16.2. The van der Waals surface area contributed by atoms with E-state index in [4.69, 9.17) is 0 Å². The summed E-state index contributed by atoms with van der Waals surface area (Å²) in [6.07, 6.45) is 3.29. The Morgan fingerprint density at radius 3 is 2.10 bits per heavy atom. The molecular weight excluding hydrogens is 384 g/mol. The summed E-state index contributed by atoms with van der Waals surface area (Å²) in [6.45, 7) is 1.32. The van der Waals surface area contributed by atoms with Gasteiger partial charge in [-0.05, 0) is 55.0 Å². The second-order valence-corrected chi connectivity index (χ2v) is 8.05. The first-order chi connectivity index (χ1) is 15.2. The molecule has 0 radical (unpaired) electrons. The largest absolute Gasteiger partial charge is 0.349 e. The second-order valence-electron chi connectivity index (χ2n) is 8.05. The molecule has 1 aliphatic rings. The molecule has 1 aliphatic heterocycles. The molecule has 0 spiro atoms. The number of carbonyl (C=O) groups excluding carboxylic acids is 2. The molecule has 0 aromatic heterocycles. The molecule has 0 aliphatic carbocycles. The van der Waals surface area contributed by atoms with Gasteiger partial charge in [0.1, 0.15) is 0 Å². The molecule has 1 N–H and O–H groups in total. The van der Waals surface area contributed by atoms with Gasteiger partial charge in [0, 0.05) is 30.3 Å². The van der Waals surface area contributed by atoms with Crippen molar-refractivity contribution in [3.63, 3.8) is 0 Å². The van der Waals surface area contributed by atoms with Crippen molar-refractivity contribution in [1.29, 1.82) is 0 Å². The quantitative estimate of drug-likeness (QED) is 0.648. The molecule has 4 heteroatoms. The molecule has 4 nitrogen and oxygen atoms in total. The van der Waals surface area contributed by atoms with Crippen LogP contribution in [-0.2, 0) is 12.8 Å². The summed E-state index contributed by atoms with van der Waals surface area (Å²) < 4.78 is 0. The number of rotatable bonds is 6. The number of piperidine rings is 1. The predicted molar refractivity (Wildman–Crippen MR) is 123 cm³/mol. The van der Waals surface area contributed by atoms with E-state index >= 15 is 0 Å². The van der Waals surface area contributed by atoms with Crippen LogP contribution in [0.5, 0.6) is 0 Å². The lowest BCUT2D eigenvalue weighted by atomic mass is 9.98. The summed E-state index contributed by atoms with van der Waals surface area (Å²) in [5.41, 5.74) is 3.81. The van der Waals surface area contributed by atoms with Gasteiger partial charge in [0.2, 0.25) is 0 Å². The number of hydrogen-bond acceptors (Lipinski definition) is 2. The summed E-state index contributed by atoms with van der Waals surface area (Å²) >= 11 is 0. The van der Waals surface area contributed by atoms with Crippen molar-refractivity contribution in [2.24, 2.45) is 0 Å². The highest BCUT2D eigenvalue weighted by Crippen LogP contribution is 2.17. The zero-order chi connectivity index (χ0) is 21.5. The molecule has 0 unspecified atom stereocenters. The summed E-state index contributed by atoms with van der Waals surface area (Å²) in [6, 6.07) is 27.7. The van der Waals surface area contributed by atoms with E-state index in [9.17, 15) is 9.59 Å². The molecule has 0 bridgehead atoms. The van der Waals surface area contributed by atoms with Gasteiger partial charge < -0.3 is 10.2 Å². The number of likely N-dealkylation sites (tertiary alicyclic amines) is 1. The Morgan fingerprint density at radius 1 is 0.774 bits per heavy atom. The van der Waals surface area contributed by atoms with E-state index in [2.05, 4.69) is 17.4 Å². The first-order valence-corrected chi connectivity index (χ1v) is 11.0. The summed E-state index contributed by atoms with van der Waals surface area (Å²) in [4.78, 5) is 27.5. The van der Waals surface area contributed by atoms with Crippen LogP contribution < -0.4 is 5.32 Å². The zero-order valence-corrected chi connectivity index (χ0v) is 17.7. The Labute approximate surface area is 183 Å². The highest BCUT2D eigenvalue weighted by molar-refractivity contribution is 5.96. The third-order valence-electron chi connectivity index (χ3n) is 5.93. The lowest BCUT2D eigenvalue weighted by Gasteiger charge is -2.32. The van der Waals surface area contributed by atoms with Crippen molar-refractivity contribution < 1.29 is 9.59 Å². The molecule has 158 valence electrons. The van der Waals surface area contributed by atoms with E-state index in [0.29, 0.717) is 13.1 Å². The lowest BCUT2D eigenvalue weighted by molar-refractivity contribution is 0.0698. The standard InChI is InChI=1S/C27H28N2O2/c30-26(25-14-8-7-11-22(25)16-15-21-9-3-1-4-10-21)28-24-17-19-29(20-18-24)27(31)23-12-5-2-6-13-23/h1-14,24H,15-20H2,(H,28,30). The summed E-state index contributed by atoms with van der Waals surface area (Å²) in [5, 5.41) is 3.20. The Balaban J connectivity index is 1.33. The van der Waals surface area contributed by atoms with Crippen LogP contribution in [-0.4, -0.2) is 35.8 Å². The lowest BCUT2D eigenvalue weighted by Crippen LogP contribution is -2.46. The molecule has 1 saturated heterocycles. The molecule has 0 saturated carbocycles. The van der Waals surface area contributed by atoms with E-state index in [1.165, 1.54) is 5.56 Å². The maximum absolute atomic E-state index is 13.0. The highest BCUT2D eigenvalue weighted by Gasteiger charge is 2.25. The Hall–Kier alpha value is -3.40. The first kappa shape index (κ1) is 20.9. The average molecular weight is 413 g/mol. The monoisotopic (exact) mass is 412 g/mol. The van der Waals surface area contributed by atoms with Crippen LogP contribution in [0.3, 0.4) is 0 Å². The van der Waals surface area contributed by atoms with Crippen LogP contribution >= 0.6 is 0 Å². The molecule has 4 rings (SSSR count). The Bertz CT molecular complexity index is 1010. The fourth-order valence-corrected chi connectivity index (χ4v) is 4.14. The van der Waals surface area contributed by atoms with Crippen LogP contribution in [0.1, 0.15) is 44.7 Å². The van der Waals surface area contributed by atoms with E-state index < -0.39 is 0 Å².